The highest BCUT2D eigenvalue weighted by Crippen LogP contribution is 2.18. The summed E-state index contributed by atoms with van der Waals surface area (Å²) in [5.41, 5.74) is 0. The fourth-order valence-corrected chi connectivity index (χ4v) is 10.7. The molecule has 0 saturated carbocycles. The van der Waals surface area contributed by atoms with E-state index in [1.54, 1.807) is 0 Å². The van der Waals surface area contributed by atoms with E-state index in [0.717, 1.165) is 44.9 Å². The molecule has 0 fully saturated rings. The molecule has 0 saturated heterocycles. The zero-order valence-corrected chi connectivity index (χ0v) is 50.8. The lowest BCUT2D eigenvalue weighted by atomic mass is 10.0. The largest absolute Gasteiger partial charge is 0.466 e. The molecule has 0 bridgehead atoms. The van der Waals surface area contributed by atoms with Gasteiger partial charge in [0.1, 0.15) is 0 Å². The van der Waals surface area contributed by atoms with E-state index < -0.39 is 12.1 Å². The molecule has 0 spiro atoms. The summed E-state index contributed by atoms with van der Waals surface area (Å²) in [6.07, 6.45) is 80.7. The van der Waals surface area contributed by atoms with Gasteiger partial charge in [0.2, 0.25) is 5.91 Å². The van der Waals surface area contributed by atoms with E-state index in [2.05, 4.69) is 43.5 Å². The van der Waals surface area contributed by atoms with Crippen LogP contribution in [0, 0.1) is 0 Å². The van der Waals surface area contributed by atoms with Crippen molar-refractivity contribution in [3.05, 3.63) is 24.3 Å². The number of ether oxygens (including phenoxy) is 1. The summed E-state index contributed by atoms with van der Waals surface area (Å²) in [5.74, 6) is -0.0244. The molecule has 0 aliphatic carbocycles. The monoisotopic (exact) mass is 1060 g/mol. The molecule has 3 N–H and O–H groups in total. The minimum Gasteiger partial charge on any atom is -0.466 e. The maximum atomic E-state index is 12.5. The van der Waals surface area contributed by atoms with Crippen LogP contribution in [0.25, 0.3) is 0 Å². The zero-order valence-electron chi connectivity index (χ0n) is 50.8. The number of allylic oxidation sites excluding steroid dienone is 4. The number of aliphatic hydroxyl groups excluding tert-OH is 2. The van der Waals surface area contributed by atoms with Crippen LogP contribution in [0.3, 0.4) is 0 Å². The SMILES string of the molecule is CCCCCCCC/C=C\CCCCCCCCCC(=O)OCCCCCCCCCCCCCC/C=C\CCCCCCCCCCCC(=O)NC(CO)C(O)CCCCCCCCCCCCCCCCCC. The van der Waals surface area contributed by atoms with Crippen LogP contribution in [-0.4, -0.2) is 47.4 Å². The summed E-state index contributed by atoms with van der Waals surface area (Å²) in [6.45, 7) is 4.98. The number of hydrogen-bond acceptors (Lipinski definition) is 5. The van der Waals surface area contributed by atoms with Crippen molar-refractivity contribution < 1.29 is 24.5 Å². The molecule has 0 aliphatic heterocycles. The van der Waals surface area contributed by atoms with E-state index in [1.807, 2.05) is 0 Å². The van der Waals surface area contributed by atoms with Gasteiger partial charge >= 0.3 is 5.97 Å². The normalized spacial score (nSPS) is 12.6. The van der Waals surface area contributed by atoms with Crippen molar-refractivity contribution in [2.75, 3.05) is 13.2 Å². The topological polar surface area (TPSA) is 95.9 Å². The first-order chi connectivity index (χ1) is 37.0. The molecule has 0 aromatic carbocycles. The standard InChI is InChI=1S/C69H133NO5/c1-3-5-7-9-11-13-15-17-19-30-35-39-43-47-51-55-59-63-69(74)75-64-60-56-52-48-44-40-36-32-29-27-25-23-21-22-24-26-28-31-34-38-42-46-50-54-58-62-68(73)70-66(65-71)67(72)61-57-53-49-45-41-37-33-20-18-16-14-12-10-8-6-4-2/h17,19,22,24,66-67,71-72H,3-16,18,20-21,23,25-65H2,1-2H3,(H,70,73)/b19-17-,24-22-. The molecular formula is C69H133NO5. The molecule has 444 valence electrons. The second-order valence-corrected chi connectivity index (χ2v) is 23.5. The number of amides is 1. The van der Waals surface area contributed by atoms with Crippen molar-refractivity contribution in [3.63, 3.8) is 0 Å². The quantitative estimate of drug-likeness (QED) is 0.0320. The van der Waals surface area contributed by atoms with Gasteiger partial charge in [0.25, 0.3) is 0 Å². The van der Waals surface area contributed by atoms with E-state index >= 15 is 0 Å². The number of rotatable bonds is 64. The minimum absolute atomic E-state index is 0.0108. The van der Waals surface area contributed by atoms with E-state index in [9.17, 15) is 19.8 Å². The highest BCUT2D eigenvalue weighted by molar-refractivity contribution is 5.76. The Kier molecular flexibility index (Phi) is 63.4. The van der Waals surface area contributed by atoms with E-state index in [4.69, 9.17) is 4.74 Å². The van der Waals surface area contributed by atoms with E-state index in [1.165, 1.54) is 302 Å². The first kappa shape index (κ1) is 73.3. The van der Waals surface area contributed by atoms with Gasteiger partial charge in [-0.05, 0) is 77.0 Å². The van der Waals surface area contributed by atoms with Crippen molar-refractivity contribution in [3.8, 4) is 0 Å². The molecule has 6 nitrogen and oxygen atoms in total. The summed E-state index contributed by atoms with van der Waals surface area (Å²) in [5, 5.41) is 23.3. The molecule has 0 aliphatic rings. The van der Waals surface area contributed by atoms with Crippen LogP contribution in [-0.2, 0) is 14.3 Å². The third-order valence-corrected chi connectivity index (χ3v) is 16.0. The van der Waals surface area contributed by atoms with Crippen molar-refractivity contribution in [1.29, 1.82) is 0 Å². The fraction of sp³-hybridized carbons (Fsp3) is 0.913. The van der Waals surface area contributed by atoms with Gasteiger partial charge in [-0.25, -0.2) is 0 Å². The Morgan fingerprint density at radius 3 is 0.947 bits per heavy atom. The number of esters is 1. The van der Waals surface area contributed by atoms with Crippen molar-refractivity contribution in [2.45, 2.75) is 392 Å². The predicted molar refractivity (Wildman–Crippen MR) is 329 cm³/mol. The molecule has 0 rings (SSSR count). The first-order valence-corrected chi connectivity index (χ1v) is 34.1. The van der Waals surface area contributed by atoms with Crippen LogP contribution in [0.5, 0.6) is 0 Å². The molecule has 0 aromatic rings. The molecule has 6 heteroatoms. The summed E-state index contributed by atoms with van der Waals surface area (Å²) < 4.78 is 5.50. The van der Waals surface area contributed by atoms with Crippen LogP contribution in [0.2, 0.25) is 0 Å². The summed E-state index contributed by atoms with van der Waals surface area (Å²) in [6, 6.07) is -0.544. The average molecular weight is 1060 g/mol. The van der Waals surface area contributed by atoms with E-state index in [0.29, 0.717) is 25.9 Å². The number of nitrogens with one attached hydrogen (secondary N) is 1. The second-order valence-electron chi connectivity index (χ2n) is 23.5. The lowest BCUT2D eigenvalue weighted by molar-refractivity contribution is -0.143. The summed E-state index contributed by atoms with van der Waals surface area (Å²) >= 11 is 0. The third-order valence-electron chi connectivity index (χ3n) is 16.0. The fourth-order valence-electron chi connectivity index (χ4n) is 10.7. The van der Waals surface area contributed by atoms with Crippen molar-refractivity contribution in [2.24, 2.45) is 0 Å². The van der Waals surface area contributed by atoms with Crippen LogP contribution in [0.1, 0.15) is 380 Å². The smallest absolute Gasteiger partial charge is 0.305 e. The second kappa shape index (κ2) is 64.9. The number of carbonyl (C=O) groups is 2. The molecular weight excluding hydrogens is 923 g/mol. The van der Waals surface area contributed by atoms with Crippen LogP contribution in [0.4, 0.5) is 0 Å². The maximum absolute atomic E-state index is 12.5. The molecule has 0 aromatic heterocycles. The van der Waals surface area contributed by atoms with Gasteiger partial charge in [0, 0.05) is 12.8 Å². The Hall–Kier alpha value is -1.66. The highest BCUT2D eigenvalue weighted by Gasteiger charge is 2.20. The average Bonchev–Trinajstić information content (AvgIpc) is 3.41. The van der Waals surface area contributed by atoms with Crippen molar-refractivity contribution in [1.82, 2.24) is 5.32 Å². The minimum atomic E-state index is -0.666. The Morgan fingerprint density at radius 1 is 0.360 bits per heavy atom. The molecule has 0 heterocycles. The first-order valence-electron chi connectivity index (χ1n) is 34.1. The van der Waals surface area contributed by atoms with Crippen LogP contribution in [0.15, 0.2) is 24.3 Å². The molecule has 2 unspecified atom stereocenters. The summed E-state index contributed by atoms with van der Waals surface area (Å²) in [4.78, 5) is 24.6. The van der Waals surface area contributed by atoms with Crippen LogP contribution >= 0.6 is 0 Å². The Morgan fingerprint density at radius 2 is 0.627 bits per heavy atom. The van der Waals surface area contributed by atoms with Crippen molar-refractivity contribution >= 4 is 11.9 Å². The lowest BCUT2D eigenvalue weighted by Gasteiger charge is -2.22. The predicted octanol–water partition coefficient (Wildman–Crippen LogP) is 21.8. The number of hydrogen-bond donors (Lipinski definition) is 3. The number of carbonyl (C=O) groups excluding carboxylic acids is 2. The van der Waals surface area contributed by atoms with E-state index in [-0.39, 0.29) is 18.5 Å². The lowest BCUT2D eigenvalue weighted by Crippen LogP contribution is -2.45. The van der Waals surface area contributed by atoms with Gasteiger partial charge in [0.15, 0.2) is 0 Å². The molecule has 75 heavy (non-hydrogen) atoms. The Labute approximate surface area is 469 Å². The Bertz CT molecular complexity index is 1170. The number of unbranched alkanes of at least 4 members (excludes halogenated alkanes) is 49. The molecule has 0 radical (unpaired) electrons. The highest BCUT2D eigenvalue weighted by atomic mass is 16.5. The molecule has 1 amide bonds. The third kappa shape index (κ3) is 61.4. The zero-order chi connectivity index (χ0) is 54.3. The Balaban J connectivity index is 3.38. The van der Waals surface area contributed by atoms with Gasteiger partial charge in [0.05, 0.1) is 25.4 Å². The van der Waals surface area contributed by atoms with Gasteiger partial charge in [-0.3, -0.25) is 9.59 Å². The van der Waals surface area contributed by atoms with Gasteiger partial charge < -0.3 is 20.3 Å². The van der Waals surface area contributed by atoms with Gasteiger partial charge in [-0.15, -0.1) is 0 Å². The van der Waals surface area contributed by atoms with Gasteiger partial charge in [-0.1, -0.05) is 314 Å². The maximum Gasteiger partial charge on any atom is 0.305 e. The molecule has 2 atom stereocenters. The summed E-state index contributed by atoms with van der Waals surface area (Å²) in [7, 11) is 0. The van der Waals surface area contributed by atoms with Gasteiger partial charge in [-0.2, -0.15) is 0 Å². The number of aliphatic hydroxyl groups is 2. The van der Waals surface area contributed by atoms with Crippen LogP contribution < -0.4 is 5.32 Å².